The van der Waals surface area contributed by atoms with Gasteiger partial charge >= 0.3 is 0 Å². The Bertz CT molecular complexity index is 471. The summed E-state index contributed by atoms with van der Waals surface area (Å²) in [5.74, 6) is 5.33. The van der Waals surface area contributed by atoms with Gasteiger partial charge in [0.25, 0.3) is 0 Å². The molecular weight excluding hydrogens is 268 g/mol. The molecule has 2 unspecified atom stereocenters. The van der Waals surface area contributed by atoms with Crippen molar-refractivity contribution in [1.29, 1.82) is 0 Å². The fourth-order valence-corrected chi connectivity index (χ4v) is 2.99. The molecule has 0 radical (unpaired) electrons. The Morgan fingerprint density at radius 1 is 1.30 bits per heavy atom. The highest BCUT2D eigenvalue weighted by molar-refractivity contribution is 8.00. The van der Waals surface area contributed by atoms with E-state index in [1.807, 2.05) is 37.3 Å². The zero-order chi connectivity index (χ0) is 15.0. The summed E-state index contributed by atoms with van der Waals surface area (Å²) in [6.07, 6.45) is 1.51. The number of carbonyl (C=O) groups is 1. The first kappa shape index (κ1) is 16.7. The van der Waals surface area contributed by atoms with Crippen molar-refractivity contribution < 1.29 is 9.90 Å². The van der Waals surface area contributed by atoms with Crippen LogP contribution < -0.4 is 5.11 Å². The maximum absolute atomic E-state index is 11.5. The first-order chi connectivity index (χ1) is 9.54. The van der Waals surface area contributed by atoms with Crippen molar-refractivity contribution in [3.63, 3.8) is 0 Å². The molecule has 0 heterocycles. The summed E-state index contributed by atoms with van der Waals surface area (Å²) in [6, 6.07) is 9.56. The average Bonchev–Trinajstić information content (AvgIpc) is 2.41. The van der Waals surface area contributed by atoms with Gasteiger partial charge < -0.3 is 9.90 Å². The van der Waals surface area contributed by atoms with Gasteiger partial charge in [-0.3, -0.25) is 0 Å². The lowest BCUT2D eigenvalue weighted by molar-refractivity contribution is -0.305. The van der Waals surface area contributed by atoms with Crippen molar-refractivity contribution in [3.05, 3.63) is 30.3 Å². The molecule has 2 atom stereocenters. The van der Waals surface area contributed by atoms with E-state index in [0.717, 1.165) is 17.7 Å². The number of aliphatic carboxylic acids is 1. The third-order valence-corrected chi connectivity index (χ3v) is 4.11. The number of carboxylic acid groups (broad SMARTS) is 1. The first-order valence-corrected chi connectivity index (χ1v) is 7.83. The lowest BCUT2D eigenvalue weighted by atomic mass is 9.94. The summed E-state index contributed by atoms with van der Waals surface area (Å²) >= 11 is 1.33. The molecule has 2 nitrogen and oxygen atoms in total. The summed E-state index contributed by atoms with van der Waals surface area (Å²) in [7, 11) is 0. The summed E-state index contributed by atoms with van der Waals surface area (Å²) in [5.41, 5.74) is 0. The molecule has 0 N–H and O–H groups in total. The first-order valence-electron chi connectivity index (χ1n) is 6.95. The Morgan fingerprint density at radius 3 is 2.45 bits per heavy atom. The predicted octanol–water partition coefficient (Wildman–Crippen LogP) is 2.97. The molecule has 0 aliphatic carbocycles. The molecule has 0 saturated carbocycles. The van der Waals surface area contributed by atoms with E-state index in [9.17, 15) is 9.90 Å². The van der Waals surface area contributed by atoms with E-state index >= 15 is 0 Å². The average molecular weight is 289 g/mol. The fraction of sp³-hybridized carbons (Fsp3) is 0.471. The number of benzene rings is 1. The van der Waals surface area contributed by atoms with Gasteiger partial charge in [-0.2, -0.15) is 0 Å². The highest BCUT2D eigenvalue weighted by atomic mass is 32.2. The van der Waals surface area contributed by atoms with Gasteiger partial charge in [0.2, 0.25) is 0 Å². The number of carbonyl (C=O) groups excluding carboxylic acids is 1. The molecule has 0 aliphatic heterocycles. The van der Waals surface area contributed by atoms with Crippen molar-refractivity contribution in [3.8, 4) is 11.8 Å². The number of rotatable bonds is 6. The zero-order valence-electron chi connectivity index (χ0n) is 12.3. The highest BCUT2D eigenvalue weighted by Crippen LogP contribution is 2.30. The second-order valence-corrected chi connectivity index (χ2v) is 6.30. The van der Waals surface area contributed by atoms with Crippen molar-refractivity contribution in [2.75, 3.05) is 0 Å². The molecular formula is C17H21O2S-. The van der Waals surface area contributed by atoms with Crippen LogP contribution in [0.25, 0.3) is 0 Å². The van der Waals surface area contributed by atoms with Crippen LogP contribution in [0.3, 0.4) is 0 Å². The topological polar surface area (TPSA) is 40.1 Å². The maximum atomic E-state index is 11.5. The van der Waals surface area contributed by atoms with Crippen molar-refractivity contribution >= 4 is 17.7 Å². The van der Waals surface area contributed by atoms with Crippen LogP contribution >= 0.6 is 11.8 Å². The molecule has 0 saturated heterocycles. The number of hydrogen-bond donors (Lipinski definition) is 0. The number of carboxylic acids is 1. The molecule has 0 aromatic heterocycles. The summed E-state index contributed by atoms with van der Waals surface area (Å²) in [5, 5.41) is 10.9. The van der Waals surface area contributed by atoms with Gasteiger partial charge in [0, 0.05) is 17.2 Å². The summed E-state index contributed by atoms with van der Waals surface area (Å²) in [4.78, 5) is 12.4. The van der Waals surface area contributed by atoms with Gasteiger partial charge in [-0.1, -0.05) is 44.9 Å². The van der Waals surface area contributed by atoms with Crippen LogP contribution in [0, 0.1) is 23.7 Å². The van der Waals surface area contributed by atoms with Gasteiger partial charge in [-0.25, -0.2) is 0 Å². The van der Waals surface area contributed by atoms with Gasteiger partial charge in [-0.05, 0) is 24.5 Å². The smallest absolute Gasteiger partial charge is 0.0628 e. The molecule has 0 amide bonds. The SMILES string of the molecule is CCC#CC(CC(C)C)C(Sc1ccccc1)C(=O)[O-]. The summed E-state index contributed by atoms with van der Waals surface area (Å²) in [6.45, 7) is 6.14. The molecule has 0 bridgehead atoms. The minimum atomic E-state index is -1.03. The Kier molecular flexibility index (Phi) is 7.25. The zero-order valence-corrected chi connectivity index (χ0v) is 13.1. The minimum Gasteiger partial charge on any atom is -0.549 e. The molecule has 108 valence electrons. The van der Waals surface area contributed by atoms with E-state index in [1.54, 1.807) is 0 Å². The number of hydrogen-bond acceptors (Lipinski definition) is 3. The molecule has 20 heavy (non-hydrogen) atoms. The Balaban J connectivity index is 2.92. The highest BCUT2D eigenvalue weighted by Gasteiger charge is 2.23. The molecule has 3 heteroatoms. The van der Waals surface area contributed by atoms with Crippen LogP contribution in [0.5, 0.6) is 0 Å². The normalized spacial score (nSPS) is 13.4. The minimum absolute atomic E-state index is 0.176. The Morgan fingerprint density at radius 2 is 1.95 bits per heavy atom. The van der Waals surface area contributed by atoms with E-state index in [-0.39, 0.29) is 5.92 Å². The Hall–Kier alpha value is -1.40. The van der Waals surface area contributed by atoms with E-state index in [4.69, 9.17) is 0 Å². The van der Waals surface area contributed by atoms with Gasteiger partial charge in [-0.15, -0.1) is 17.7 Å². The van der Waals surface area contributed by atoms with Crippen LogP contribution in [-0.2, 0) is 4.79 Å². The quantitative estimate of drug-likeness (QED) is 0.597. The molecule has 0 aliphatic rings. The summed E-state index contributed by atoms with van der Waals surface area (Å²) < 4.78 is 0. The molecule has 1 aromatic rings. The van der Waals surface area contributed by atoms with Crippen LogP contribution in [0.4, 0.5) is 0 Å². The third kappa shape index (κ3) is 5.71. The monoisotopic (exact) mass is 289 g/mol. The van der Waals surface area contributed by atoms with E-state index < -0.39 is 11.2 Å². The van der Waals surface area contributed by atoms with Crippen molar-refractivity contribution in [1.82, 2.24) is 0 Å². The van der Waals surface area contributed by atoms with E-state index in [2.05, 4.69) is 25.7 Å². The van der Waals surface area contributed by atoms with Crippen LogP contribution in [0.2, 0.25) is 0 Å². The second-order valence-electron chi connectivity index (χ2n) is 5.08. The van der Waals surface area contributed by atoms with Gasteiger partial charge in [0.05, 0.1) is 11.2 Å². The molecule has 0 spiro atoms. The predicted molar refractivity (Wildman–Crippen MR) is 82.1 cm³/mol. The lowest BCUT2D eigenvalue weighted by Gasteiger charge is -2.25. The van der Waals surface area contributed by atoms with Crippen molar-refractivity contribution in [2.24, 2.45) is 11.8 Å². The molecule has 0 fully saturated rings. The second kappa shape index (κ2) is 8.71. The van der Waals surface area contributed by atoms with E-state index in [1.165, 1.54) is 11.8 Å². The fourth-order valence-electron chi connectivity index (χ4n) is 1.94. The maximum Gasteiger partial charge on any atom is 0.0628 e. The third-order valence-electron chi connectivity index (χ3n) is 2.79. The number of thioether (sulfide) groups is 1. The Labute approximate surface area is 126 Å². The van der Waals surface area contributed by atoms with Gasteiger partial charge in [0.1, 0.15) is 0 Å². The van der Waals surface area contributed by atoms with Crippen LogP contribution in [0.15, 0.2) is 35.2 Å². The standard InChI is InChI=1S/C17H22O2S/c1-4-5-9-14(12-13(2)3)16(17(18)19)20-15-10-7-6-8-11-15/h6-8,10-11,13-14,16H,4,12H2,1-3H3,(H,18,19)/p-1. The lowest BCUT2D eigenvalue weighted by Crippen LogP contribution is -2.38. The van der Waals surface area contributed by atoms with Crippen LogP contribution in [-0.4, -0.2) is 11.2 Å². The van der Waals surface area contributed by atoms with Crippen molar-refractivity contribution in [2.45, 2.75) is 43.8 Å². The van der Waals surface area contributed by atoms with Gasteiger partial charge in [0.15, 0.2) is 0 Å². The van der Waals surface area contributed by atoms with E-state index in [0.29, 0.717) is 5.92 Å². The molecule has 1 rings (SSSR count). The largest absolute Gasteiger partial charge is 0.549 e. The molecule has 1 aromatic carbocycles. The van der Waals surface area contributed by atoms with Crippen LogP contribution in [0.1, 0.15) is 33.6 Å².